The number of carbonyl (C=O) groups excluding carboxylic acids is 1. The zero-order valence-corrected chi connectivity index (χ0v) is 14.5. The fourth-order valence-electron chi connectivity index (χ4n) is 4.18. The summed E-state index contributed by atoms with van der Waals surface area (Å²) in [7, 11) is 0. The number of hydrogen-bond donors (Lipinski definition) is 1. The van der Waals surface area contributed by atoms with Gasteiger partial charge in [0.1, 0.15) is 0 Å². The van der Waals surface area contributed by atoms with E-state index in [1.807, 2.05) is 12.1 Å². The summed E-state index contributed by atoms with van der Waals surface area (Å²) in [5, 5.41) is 2.91. The molecule has 0 unspecified atom stereocenters. The van der Waals surface area contributed by atoms with Crippen molar-refractivity contribution in [2.45, 2.75) is 45.1 Å². The predicted molar refractivity (Wildman–Crippen MR) is 97.0 cm³/mol. The number of nitrogens with zero attached hydrogens (tertiary/aromatic N) is 3. The lowest BCUT2D eigenvalue weighted by Crippen LogP contribution is -2.46. The zero-order valence-electron chi connectivity index (χ0n) is 14.5. The molecule has 0 saturated carbocycles. The molecule has 1 saturated heterocycles. The molecule has 2 aliphatic heterocycles. The van der Waals surface area contributed by atoms with Crippen LogP contribution in [0.2, 0.25) is 0 Å². The van der Waals surface area contributed by atoms with Gasteiger partial charge in [-0.15, -0.1) is 0 Å². The molecule has 5 heteroatoms. The monoisotopic (exact) mass is 334 g/mol. The lowest BCUT2D eigenvalue weighted by Gasteiger charge is -2.39. The minimum atomic E-state index is 0.0378. The highest BCUT2D eigenvalue weighted by molar-refractivity contribution is 5.97. The van der Waals surface area contributed by atoms with Crippen LogP contribution in [0.4, 0.5) is 5.95 Å². The topological polar surface area (TPSA) is 58.1 Å². The molecule has 1 atom stereocenters. The van der Waals surface area contributed by atoms with E-state index in [0.717, 1.165) is 60.6 Å². The summed E-state index contributed by atoms with van der Waals surface area (Å²) in [5.41, 5.74) is 6.66. The molecule has 0 bridgehead atoms. The van der Waals surface area contributed by atoms with E-state index in [2.05, 4.69) is 23.2 Å². The molecule has 0 radical (unpaired) electrons. The summed E-state index contributed by atoms with van der Waals surface area (Å²) >= 11 is 0. The molecule has 3 heterocycles. The summed E-state index contributed by atoms with van der Waals surface area (Å²) in [6, 6.07) is 6.69. The van der Waals surface area contributed by atoms with Crippen molar-refractivity contribution in [2.24, 2.45) is 0 Å². The van der Waals surface area contributed by atoms with Gasteiger partial charge >= 0.3 is 0 Å². The predicted octanol–water partition coefficient (Wildman–Crippen LogP) is 2.52. The van der Waals surface area contributed by atoms with Gasteiger partial charge in [-0.25, -0.2) is 9.97 Å². The summed E-state index contributed by atoms with van der Waals surface area (Å²) in [4.78, 5) is 24.1. The summed E-state index contributed by atoms with van der Waals surface area (Å²) in [6.45, 7) is 3.99. The molecule has 5 nitrogen and oxygen atoms in total. The lowest BCUT2D eigenvalue weighted by atomic mass is 9.95. The number of hydrogen-bond acceptors (Lipinski definition) is 4. The van der Waals surface area contributed by atoms with Crippen molar-refractivity contribution in [1.82, 2.24) is 15.3 Å². The van der Waals surface area contributed by atoms with Crippen molar-refractivity contribution in [1.29, 1.82) is 0 Å². The first-order valence-electron chi connectivity index (χ1n) is 9.28. The van der Waals surface area contributed by atoms with Gasteiger partial charge < -0.3 is 10.2 Å². The van der Waals surface area contributed by atoms with Gasteiger partial charge in [0.25, 0.3) is 5.91 Å². The van der Waals surface area contributed by atoms with Gasteiger partial charge in [-0.3, -0.25) is 4.79 Å². The quantitative estimate of drug-likeness (QED) is 0.917. The van der Waals surface area contributed by atoms with E-state index in [1.165, 1.54) is 17.7 Å². The summed E-state index contributed by atoms with van der Waals surface area (Å²) < 4.78 is 0. The number of nitrogens with one attached hydrogen (secondary N) is 1. The first-order valence-corrected chi connectivity index (χ1v) is 9.28. The number of carbonyl (C=O) groups is 1. The van der Waals surface area contributed by atoms with Crippen LogP contribution in [-0.2, 0) is 19.3 Å². The number of fused-ring (bicyclic) bond motifs is 2. The van der Waals surface area contributed by atoms with Crippen LogP contribution in [0, 0.1) is 0 Å². The lowest BCUT2D eigenvalue weighted by molar-refractivity contribution is 0.0946. The largest absolute Gasteiger partial charge is 0.352 e. The smallest absolute Gasteiger partial charge is 0.251 e. The number of anilines is 1. The number of benzene rings is 1. The molecule has 25 heavy (non-hydrogen) atoms. The van der Waals surface area contributed by atoms with E-state index in [4.69, 9.17) is 9.97 Å². The third-order valence-electron chi connectivity index (χ3n) is 5.80. The summed E-state index contributed by atoms with van der Waals surface area (Å²) in [5.74, 6) is 0.917. The maximum atomic E-state index is 12.0. The molecule has 2 aromatic rings. The minimum absolute atomic E-state index is 0.0378. The highest BCUT2D eigenvalue weighted by Crippen LogP contribution is 2.34. The van der Waals surface area contributed by atoms with Crippen LogP contribution in [-0.4, -0.2) is 35.0 Å². The van der Waals surface area contributed by atoms with Crippen LogP contribution in [0.1, 0.15) is 46.9 Å². The summed E-state index contributed by atoms with van der Waals surface area (Å²) in [6.07, 6.45) is 5.36. The van der Waals surface area contributed by atoms with Crippen molar-refractivity contribution >= 4 is 11.9 Å². The third kappa shape index (κ3) is 2.33. The molecule has 1 fully saturated rings. The molecule has 1 aromatic carbocycles. The van der Waals surface area contributed by atoms with E-state index >= 15 is 0 Å². The van der Waals surface area contributed by atoms with Gasteiger partial charge in [0, 0.05) is 41.5 Å². The number of aromatic nitrogens is 2. The van der Waals surface area contributed by atoms with Crippen molar-refractivity contribution in [3.05, 3.63) is 40.6 Å². The first-order chi connectivity index (χ1) is 12.2. The van der Waals surface area contributed by atoms with Crippen molar-refractivity contribution in [3.63, 3.8) is 0 Å². The van der Waals surface area contributed by atoms with Gasteiger partial charge in [-0.2, -0.15) is 0 Å². The maximum absolute atomic E-state index is 12.0. The molecule has 1 aromatic heterocycles. The van der Waals surface area contributed by atoms with Crippen LogP contribution >= 0.6 is 0 Å². The van der Waals surface area contributed by atoms with Crippen molar-refractivity contribution in [2.75, 3.05) is 18.0 Å². The second-order valence-corrected chi connectivity index (χ2v) is 7.36. The Morgan fingerprint density at radius 3 is 2.92 bits per heavy atom. The van der Waals surface area contributed by atoms with Crippen LogP contribution in [0.3, 0.4) is 0 Å². The molecule has 1 amide bonds. The molecular formula is C20H22N4O. The Balaban J connectivity index is 1.62. The minimum Gasteiger partial charge on any atom is -0.352 e. The molecule has 3 aliphatic rings. The number of amides is 1. The third-order valence-corrected chi connectivity index (χ3v) is 5.80. The van der Waals surface area contributed by atoms with Gasteiger partial charge in [0.05, 0.1) is 5.69 Å². The molecule has 128 valence electrons. The molecule has 5 rings (SSSR count). The molecule has 1 N–H and O–H groups in total. The van der Waals surface area contributed by atoms with Crippen molar-refractivity contribution < 1.29 is 4.79 Å². The second kappa shape index (κ2) is 5.55. The van der Waals surface area contributed by atoms with Crippen LogP contribution in [0.25, 0.3) is 11.3 Å². The molecule has 0 spiro atoms. The Hall–Kier alpha value is -2.43. The van der Waals surface area contributed by atoms with E-state index in [0.29, 0.717) is 12.6 Å². The zero-order chi connectivity index (χ0) is 17.0. The fraction of sp³-hybridized carbons (Fsp3) is 0.450. The highest BCUT2D eigenvalue weighted by atomic mass is 16.1. The average molecular weight is 334 g/mol. The Labute approximate surface area is 147 Å². The van der Waals surface area contributed by atoms with Gasteiger partial charge in [0.2, 0.25) is 5.95 Å². The maximum Gasteiger partial charge on any atom is 0.251 e. The Morgan fingerprint density at radius 1 is 1.20 bits per heavy atom. The molecule has 1 aliphatic carbocycles. The SMILES string of the molecule is C[C@H]1CCN1c1nc2c(c(-c3ccc4c(c3)CCNC4=O)n1)CCC2. The normalized spacial score (nSPS) is 21.4. The van der Waals surface area contributed by atoms with Crippen LogP contribution in [0.5, 0.6) is 0 Å². The van der Waals surface area contributed by atoms with E-state index < -0.39 is 0 Å². The number of aryl methyl sites for hydroxylation is 1. The Kier molecular flexibility index (Phi) is 3.30. The Morgan fingerprint density at radius 2 is 2.12 bits per heavy atom. The first kappa shape index (κ1) is 14.9. The van der Waals surface area contributed by atoms with E-state index in [-0.39, 0.29) is 5.91 Å². The molecular weight excluding hydrogens is 312 g/mol. The van der Waals surface area contributed by atoms with Gasteiger partial charge in [-0.1, -0.05) is 6.07 Å². The number of rotatable bonds is 2. The van der Waals surface area contributed by atoms with Crippen LogP contribution < -0.4 is 10.2 Å². The van der Waals surface area contributed by atoms with Gasteiger partial charge in [0.15, 0.2) is 0 Å². The average Bonchev–Trinajstić information content (AvgIpc) is 3.08. The van der Waals surface area contributed by atoms with Gasteiger partial charge in [-0.05, 0) is 56.7 Å². The second-order valence-electron chi connectivity index (χ2n) is 7.36. The Bertz CT molecular complexity index is 876. The fourth-order valence-corrected chi connectivity index (χ4v) is 4.18. The van der Waals surface area contributed by atoms with Crippen LogP contribution in [0.15, 0.2) is 18.2 Å². The standard InChI is InChI=1S/C20H22N4O/c1-12-8-10-24(12)20-22-17-4-2-3-16(17)18(23-20)14-5-6-15-13(11-14)7-9-21-19(15)25/h5-6,11-12H,2-4,7-10H2,1H3,(H,21,25)/t12-/m0/s1. The van der Waals surface area contributed by atoms with E-state index in [9.17, 15) is 4.79 Å². The van der Waals surface area contributed by atoms with Crippen molar-refractivity contribution in [3.8, 4) is 11.3 Å². The van der Waals surface area contributed by atoms with E-state index in [1.54, 1.807) is 0 Å². The highest BCUT2D eigenvalue weighted by Gasteiger charge is 2.29.